The molecular formula is C9H8N2O5. The maximum absolute atomic E-state index is 11.4. The van der Waals surface area contributed by atoms with E-state index >= 15 is 0 Å². The highest BCUT2D eigenvalue weighted by Gasteiger charge is 2.16. The molecule has 0 radical (unpaired) electrons. The normalized spacial score (nSPS) is 10.5. The van der Waals surface area contributed by atoms with E-state index < -0.39 is 11.5 Å². The van der Waals surface area contributed by atoms with E-state index in [1.165, 1.54) is 12.5 Å². The zero-order valence-electron chi connectivity index (χ0n) is 8.10. The molecule has 0 saturated carbocycles. The number of nitrogens with one attached hydrogen (secondary N) is 1. The van der Waals surface area contributed by atoms with Crippen molar-refractivity contribution in [1.29, 1.82) is 0 Å². The lowest BCUT2D eigenvalue weighted by molar-refractivity contribution is -0.136. The van der Waals surface area contributed by atoms with Gasteiger partial charge in [0.05, 0.1) is 11.8 Å². The molecule has 0 spiro atoms. The van der Waals surface area contributed by atoms with Gasteiger partial charge in [-0.1, -0.05) is 5.16 Å². The van der Waals surface area contributed by atoms with Crippen LogP contribution in [-0.2, 0) is 17.6 Å². The van der Waals surface area contributed by atoms with E-state index in [1.807, 2.05) is 0 Å². The van der Waals surface area contributed by atoms with E-state index in [0.29, 0.717) is 5.56 Å². The number of aromatic nitrogens is 2. The van der Waals surface area contributed by atoms with Crippen LogP contribution in [-0.4, -0.2) is 21.4 Å². The molecule has 7 heteroatoms. The third-order valence-corrected chi connectivity index (χ3v) is 2.05. The molecule has 2 heterocycles. The van der Waals surface area contributed by atoms with Crippen molar-refractivity contribution in [2.45, 2.75) is 12.8 Å². The van der Waals surface area contributed by atoms with Crippen LogP contribution in [0.4, 0.5) is 0 Å². The molecule has 0 aromatic carbocycles. The fourth-order valence-electron chi connectivity index (χ4n) is 1.33. The number of nitrogens with zero attached hydrogens (tertiary/aromatic N) is 1. The van der Waals surface area contributed by atoms with Crippen molar-refractivity contribution >= 4 is 5.97 Å². The zero-order chi connectivity index (χ0) is 11.5. The summed E-state index contributed by atoms with van der Waals surface area (Å²) in [7, 11) is 0. The van der Waals surface area contributed by atoms with Crippen LogP contribution in [0.2, 0.25) is 0 Å². The Morgan fingerprint density at radius 2 is 2.38 bits per heavy atom. The lowest BCUT2D eigenvalue weighted by Crippen LogP contribution is -2.09. The summed E-state index contributed by atoms with van der Waals surface area (Å²) in [6.45, 7) is 0. The Bertz CT molecular complexity index is 537. The summed E-state index contributed by atoms with van der Waals surface area (Å²) in [5.41, 5.74) is 0.529. The second-order valence-corrected chi connectivity index (χ2v) is 3.21. The number of carboxylic acid groups (broad SMARTS) is 1. The lowest BCUT2D eigenvalue weighted by Gasteiger charge is -1.94. The molecule has 0 aliphatic carbocycles. The average Bonchev–Trinajstić information content (AvgIpc) is 2.82. The number of hydrogen-bond donors (Lipinski definition) is 2. The van der Waals surface area contributed by atoms with E-state index in [4.69, 9.17) is 9.63 Å². The number of aromatic amines is 1. The summed E-state index contributed by atoms with van der Waals surface area (Å²) in [5.74, 6) is -0.937. The summed E-state index contributed by atoms with van der Waals surface area (Å²) in [6.07, 6.45) is 2.74. The smallest absolute Gasteiger partial charge is 0.311 e. The van der Waals surface area contributed by atoms with Crippen LogP contribution in [0.15, 0.2) is 26.3 Å². The molecule has 0 saturated heterocycles. The number of rotatable bonds is 4. The monoisotopic (exact) mass is 224 g/mol. The third-order valence-electron chi connectivity index (χ3n) is 2.05. The Morgan fingerprint density at radius 3 is 3.00 bits per heavy atom. The zero-order valence-corrected chi connectivity index (χ0v) is 8.10. The highest BCUT2D eigenvalue weighted by Crippen LogP contribution is 2.10. The summed E-state index contributed by atoms with van der Waals surface area (Å²) < 4.78 is 9.40. The summed E-state index contributed by atoms with van der Waals surface area (Å²) in [5, 5.41) is 14.2. The molecule has 0 aliphatic heterocycles. The maximum atomic E-state index is 11.4. The van der Waals surface area contributed by atoms with Crippen molar-refractivity contribution in [3.05, 3.63) is 39.7 Å². The van der Waals surface area contributed by atoms with Crippen LogP contribution in [0.3, 0.4) is 0 Å². The molecule has 0 atom stereocenters. The van der Waals surface area contributed by atoms with Crippen molar-refractivity contribution in [2.75, 3.05) is 0 Å². The Morgan fingerprint density at radius 1 is 1.56 bits per heavy atom. The topological polar surface area (TPSA) is 109 Å². The molecule has 2 N–H and O–H groups in total. The van der Waals surface area contributed by atoms with Gasteiger partial charge in [-0.05, 0) is 0 Å². The van der Waals surface area contributed by atoms with Gasteiger partial charge in [0.25, 0.3) is 5.56 Å². The minimum Gasteiger partial charge on any atom is -0.481 e. The fraction of sp³-hybridized carbons (Fsp3) is 0.222. The van der Waals surface area contributed by atoms with Gasteiger partial charge in [-0.3, -0.25) is 9.59 Å². The van der Waals surface area contributed by atoms with Gasteiger partial charge in [-0.25, -0.2) is 0 Å². The number of hydrogen-bond acceptors (Lipinski definition) is 5. The van der Waals surface area contributed by atoms with Crippen molar-refractivity contribution in [2.24, 2.45) is 0 Å². The largest absolute Gasteiger partial charge is 0.481 e. The highest BCUT2D eigenvalue weighted by atomic mass is 16.5. The fourth-order valence-corrected chi connectivity index (χ4v) is 1.33. The molecule has 2 aromatic heterocycles. The van der Waals surface area contributed by atoms with Crippen molar-refractivity contribution in [3.63, 3.8) is 0 Å². The van der Waals surface area contributed by atoms with Crippen LogP contribution in [0.5, 0.6) is 0 Å². The van der Waals surface area contributed by atoms with E-state index in [2.05, 4.69) is 14.8 Å². The predicted octanol–water partition coefficient (Wildman–Crippen LogP) is 0.174. The van der Waals surface area contributed by atoms with Crippen molar-refractivity contribution < 1.29 is 18.9 Å². The van der Waals surface area contributed by atoms with Gasteiger partial charge in [0.1, 0.15) is 12.7 Å². The highest BCUT2D eigenvalue weighted by molar-refractivity contribution is 5.69. The number of H-pyrrole nitrogens is 1. The number of carbonyl (C=O) groups is 1. The second-order valence-electron chi connectivity index (χ2n) is 3.21. The number of aliphatic carboxylic acids is 1. The molecule has 0 unspecified atom stereocenters. The molecular weight excluding hydrogens is 216 g/mol. The third kappa shape index (κ3) is 2.02. The predicted molar refractivity (Wildman–Crippen MR) is 50.0 cm³/mol. The minimum absolute atomic E-state index is 0.124. The molecule has 2 aromatic rings. The maximum Gasteiger partial charge on any atom is 0.311 e. The van der Waals surface area contributed by atoms with Gasteiger partial charge in [0.2, 0.25) is 0 Å². The van der Waals surface area contributed by atoms with Crippen LogP contribution in [0, 0.1) is 0 Å². The molecule has 2 rings (SSSR count). The Labute approximate surface area is 88.6 Å². The summed E-state index contributed by atoms with van der Waals surface area (Å²) >= 11 is 0. The second kappa shape index (κ2) is 4.05. The summed E-state index contributed by atoms with van der Waals surface area (Å²) in [4.78, 5) is 21.9. The Balaban J connectivity index is 2.28. The molecule has 0 fully saturated rings. The van der Waals surface area contributed by atoms with E-state index in [0.717, 1.165) is 0 Å². The van der Waals surface area contributed by atoms with E-state index in [1.54, 1.807) is 0 Å². The SMILES string of the molecule is O=C(O)Cc1o[nH]c(=O)c1Cc1cnoc1. The van der Waals surface area contributed by atoms with Crippen LogP contribution >= 0.6 is 0 Å². The molecule has 16 heavy (non-hydrogen) atoms. The van der Waals surface area contributed by atoms with Gasteiger partial charge in [-0.15, -0.1) is 0 Å². The van der Waals surface area contributed by atoms with Gasteiger partial charge >= 0.3 is 5.97 Å². The standard InChI is InChI=1S/C9H8N2O5/c12-8(13)2-7-6(9(14)11-16-7)1-5-3-10-15-4-5/h3-4H,1-2H2,(H,11,14)(H,12,13). The average molecular weight is 224 g/mol. The van der Waals surface area contributed by atoms with Crippen molar-refractivity contribution in [3.8, 4) is 0 Å². The minimum atomic E-state index is -1.06. The first-order chi connectivity index (χ1) is 7.66. The Kier molecular flexibility index (Phi) is 2.59. The van der Waals surface area contributed by atoms with Crippen molar-refractivity contribution in [1.82, 2.24) is 10.3 Å². The molecule has 84 valence electrons. The first-order valence-corrected chi connectivity index (χ1v) is 4.46. The molecule has 0 aliphatic rings. The van der Waals surface area contributed by atoms with Gasteiger partial charge in [0.15, 0.2) is 5.76 Å². The van der Waals surface area contributed by atoms with Crippen LogP contribution < -0.4 is 5.56 Å². The number of carboxylic acids is 1. The van der Waals surface area contributed by atoms with Crippen LogP contribution in [0.25, 0.3) is 0 Å². The van der Waals surface area contributed by atoms with Crippen LogP contribution in [0.1, 0.15) is 16.9 Å². The van der Waals surface area contributed by atoms with E-state index in [9.17, 15) is 9.59 Å². The molecule has 0 bridgehead atoms. The van der Waals surface area contributed by atoms with Gasteiger partial charge in [-0.2, -0.15) is 5.16 Å². The van der Waals surface area contributed by atoms with Gasteiger partial charge in [0, 0.05) is 12.0 Å². The lowest BCUT2D eigenvalue weighted by atomic mass is 10.1. The first kappa shape index (κ1) is 10.2. The van der Waals surface area contributed by atoms with Gasteiger partial charge < -0.3 is 14.2 Å². The molecule has 7 nitrogen and oxygen atoms in total. The Hall–Kier alpha value is -2.31. The molecule has 0 amide bonds. The van der Waals surface area contributed by atoms with E-state index in [-0.39, 0.29) is 24.2 Å². The first-order valence-electron chi connectivity index (χ1n) is 4.46. The summed E-state index contributed by atoms with van der Waals surface area (Å²) in [6, 6.07) is 0. The quantitative estimate of drug-likeness (QED) is 0.766.